The fourth-order valence-electron chi connectivity index (χ4n) is 3.87. The van der Waals surface area contributed by atoms with Gasteiger partial charge in [0.15, 0.2) is 0 Å². The van der Waals surface area contributed by atoms with Gasteiger partial charge in [-0.3, -0.25) is 4.79 Å². The maximum Gasteiger partial charge on any atom is 0.255 e. The molecule has 0 heterocycles. The van der Waals surface area contributed by atoms with Crippen molar-refractivity contribution >= 4 is 33.7 Å². The van der Waals surface area contributed by atoms with Crippen molar-refractivity contribution in [1.82, 2.24) is 9.73 Å². The van der Waals surface area contributed by atoms with Crippen LogP contribution in [0.5, 0.6) is 11.5 Å². The number of methoxy groups -OCH3 is 2. The summed E-state index contributed by atoms with van der Waals surface area (Å²) >= 11 is 5.92. The molecule has 10 heteroatoms. The second-order valence-electron chi connectivity index (χ2n) is 7.67. The Bertz CT molecular complexity index is 1060. The van der Waals surface area contributed by atoms with Gasteiger partial charge in [0.25, 0.3) is 5.91 Å². The number of benzene rings is 2. The molecule has 33 heavy (non-hydrogen) atoms. The highest BCUT2D eigenvalue weighted by atomic mass is 35.5. The van der Waals surface area contributed by atoms with Crippen LogP contribution in [0.25, 0.3) is 0 Å². The normalized spacial score (nSPS) is 15.0. The summed E-state index contributed by atoms with van der Waals surface area (Å²) < 4.78 is 38.6. The van der Waals surface area contributed by atoms with Crippen LogP contribution in [-0.4, -0.2) is 51.7 Å². The van der Waals surface area contributed by atoms with E-state index in [-0.39, 0.29) is 17.5 Å². The number of hydrazone groups is 1. The summed E-state index contributed by atoms with van der Waals surface area (Å²) in [5, 5.41) is 4.44. The number of halogens is 1. The van der Waals surface area contributed by atoms with Gasteiger partial charge in [-0.05, 0) is 49.2 Å². The third kappa shape index (κ3) is 6.25. The van der Waals surface area contributed by atoms with Crippen molar-refractivity contribution in [2.75, 3.05) is 20.8 Å². The quantitative estimate of drug-likeness (QED) is 0.423. The Morgan fingerprint density at radius 1 is 1.09 bits per heavy atom. The fraction of sp³-hybridized carbons (Fsp3) is 0.391. The van der Waals surface area contributed by atoms with E-state index in [1.807, 2.05) is 0 Å². The van der Waals surface area contributed by atoms with Crippen LogP contribution in [0.4, 0.5) is 0 Å². The third-order valence-electron chi connectivity index (χ3n) is 5.55. The third-order valence-corrected chi connectivity index (χ3v) is 7.72. The number of carbonyl (C=O) groups is 1. The molecule has 1 fully saturated rings. The average molecular weight is 494 g/mol. The van der Waals surface area contributed by atoms with E-state index in [0.29, 0.717) is 34.9 Å². The second-order valence-corrected chi connectivity index (χ2v) is 9.99. The predicted octanol–water partition coefficient (Wildman–Crippen LogP) is 3.83. The second kappa shape index (κ2) is 11.5. The van der Waals surface area contributed by atoms with Gasteiger partial charge in [0.2, 0.25) is 10.0 Å². The van der Waals surface area contributed by atoms with E-state index in [1.165, 1.54) is 49.0 Å². The Labute approximate surface area is 199 Å². The topological polar surface area (TPSA) is 97.3 Å². The zero-order valence-corrected chi connectivity index (χ0v) is 20.2. The molecule has 1 aliphatic rings. The van der Waals surface area contributed by atoms with Crippen LogP contribution >= 0.6 is 11.6 Å². The van der Waals surface area contributed by atoms with Crippen LogP contribution in [0.3, 0.4) is 0 Å². The minimum Gasteiger partial charge on any atom is -0.496 e. The molecule has 2 aromatic carbocycles. The molecule has 1 N–H and O–H groups in total. The first kappa shape index (κ1) is 25.0. The minimum absolute atomic E-state index is 0.104. The Kier molecular flexibility index (Phi) is 8.71. The molecule has 0 bridgehead atoms. The van der Waals surface area contributed by atoms with Crippen LogP contribution in [-0.2, 0) is 14.8 Å². The number of hydrogen-bond acceptors (Lipinski definition) is 6. The molecule has 3 rings (SSSR count). The zero-order valence-electron chi connectivity index (χ0n) is 18.7. The number of hydrogen-bond donors (Lipinski definition) is 1. The molecule has 0 unspecified atom stereocenters. The number of sulfonamides is 1. The molecule has 1 amide bonds. The van der Waals surface area contributed by atoms with Crippen molar-refractivity contribution in [1.29, 1.82) is 0 Å². The first-order valence-corrected chi connectivity index (χ1v) is 12.5. The SMILES string of the molecule is COc1cccc(OC)c1/C=N\NC(=O)CN(C1CCCCC1)S(=O)(=O)c1ccc(Cl)cc1. The molecule has 178 valence electrons. The lowest BCUT2D eigenvalue weighted by molar-refractivity contribution is -0.121. The van der Waals surface area contributed by atoms with Crippen molar-refractivity contribution in [2.24, 2.45) is 5.10 Å². The first-order valence-electron chi connectivity index (χ1n) is 10.7. The van der Waals surface area contributed by atoms with E-state index in [9.17, 15) is 13.2 Å². The van der Waals surface area contributed by atoms with Crippen LogP contribution < -0.4 is 14.9 Å². The van der Waals surface area contributed by atoms with Gasteiger partial charge in [0.1, 0.15) is 11.5 Å². The minimum atomic E-state index is -3.89. The number of nitrogens with zero attached hydrogens (tertiary/aromatic N) is 2. The van der Waals surface area contributed by atoms with E-state index in [0.717, 1.165) is 19.3 Å². The predicted molar refractivity (Wildman–Crippen MR) is 127 cm³/mol. The summed E-state index contributed by atoms with van der Waals surface area (Å²) in [6.07, 6.45) is 5.73. The molecule has 1 saturated carbocycles. The summed E-state index contributed by atoms with van der Waals surface area (Å²) in [5.74, 6) is 0.520. The molecule has 0 aromatic heterocycles. The van der Waals surface area contributed by atoms with Crippen LogP contribution in [0.15, 0.2) is 52.5 Å². The van der Waals surface area contributed by atoms with E-state index in [1.54, 1.807) is 18.2 Å². The van der Waals surface area contributed by atoms with Crippen LogP contribution in [0.1, 0.15) is 37.7 Å². The summed E-state index contributed by atoms with van der Waals surface area (Å²) in [6.45, 7) is -0.337. The molecule has 0 atom stereocenters. The van der Waals surface area contributed by atoms with Gasteiger partial charge < -0.3 is 9.47 Å². The number of carbonyl (C=O) groups excluding carboxylic acids is 1. The fourth-order valence-corrected chi connectivity index (χ4v) is 5.64. The molecular formula is C23H28ClN3O5S. The maximum atomic E-state index is 13.4. The average Bonchev–Trinajstić information content (AvgIpc) is 2.83. The molecule has 0 aliphatic heterocycles. The summed E-state index contributed by atoms with van der Waals surface area (Å²) in [7, 11) is -0.845. The van der Waals surface area contributed by atoms with Gasteiger partial charge >= 0.3 is 0 Å². The molecule has 2 aromatic rings. The van der Waals surface area contributed by atoms with Gasteiger partial charge in [0, 0.05) is 11.1 Å². The lowest BCUT2D eigenvalue weighted by atomic mass is 9.95. The van der Waals surface area contributed by atoms with Crippen molar-refractivity contribution in [3.8, 4) is 11.5 Å². The Balaban J connectivity index is 1.78. The van der Waals surface area contributed by atoms with E-state index >= 15 is 0 Å². The van der Waals surface area contributed by atoms with Crippen molar-refractivity contribution in [2.45, 2.75) is 43.0 Å². The Morgan fingerprint density at radius 2 is 1.70 bits per heavy atom. The highest BCUT2D eigenvalue weighted by Crippen LogP contribution is 2.28. The highest BCUT2D eigenvalue weighted by molar-refractivity contribution is 7.89. The molecule has 8 nitrogen and oxygen atoms in total. The van der Waals surface area contributed by atoms with Crippen molar-refractivity contribution in [3.05, 3.63) is 53.1 Å². The van der Waals surface area contributed by atoms with Gasteiger partial charge in [0.05, 0.1) is 37.4 Å². The van der Waals surface area contributed by atoms with E-state index in [4.69, 9.17) is 21.1 Å². The highest BCUT2D eigenvalue weighted by Gasteiger charge is 2.34. The number of amides is 1. The van der Waals surface area contributed by atoms with Crippen molar-refractivity contribution < 1.29 is 22.7 Å². The van der Waals surface area contributed by atoms with Gasteiger partial charge in [-0.1, -0.05) is 36.9 Å². The van der Waals surface area contributed by atoms with Crippen LogP contribution in [0, 0.1) is 0 Å². The van der Waals surface area contributed by atoms with Crippen molar-refractivity contribution in [3.63, 3.8) is 0 Å². The number of rotatable bonds is 9. The maximum absolute atomic E-state index is 13.4. The zero-order chi connectivity index (χ0) is 23.8. The van der Waals surface area contributed by atoms with E-state index in [2.05, 4.69) is 10.5 Å². The standard InChI is InChI=1S/C23H28ClN3O5S/c1-31-21-9-6-10-22(32-2)20(21)15-25-26-23(28)16-27(18-7-4-3-5-8-18)33(29,30)19-13-11-17(24)12-14-19/h6,9-15,18H,3-5,7-8,16H2,1-2H3,(H,26,28)/b25-15-. The van der Waals surface area contributed by atoms with E-state index < -0.39 is 15.9 Å². The molecule has 1 aliphatic carbocycles. The largest absolute Gasteiger partial charge is 0.496 e. The lowest BCUT2D eigenvalue weighted by Crippen LogP contribution is -2.46. The smallest absolute Gasteiger partial charge is 0.255 e. The number of nitrogens with one attached hydrogen (secondary N) is 1. The molecular weight excluding hydrogens is 466 g/mol. The Hall–Kier alpha value is -2.62. The Morgan fingerprint density at radius 3 is 2.27 bits per heavy atom. The monoisotopic (exact) mass is 493 g/mol. The summed E-state index contributed by atoms with van der Waals surface area (Å²) in [4.78, 5) is 12.8. The van der Waals surface area contributed by atoms with Gasteiger partial charge in [-0.15, -0.1) is 0 Å². The molecule has 0 saturated heterocycles. The summed E-state index contributed by atoms with van der Waals surface area (Å²) in [5.41, 5.74) is 2.98. The van der Waals surface area contributed by atoms with Gasteiger partial charge in [-0.2, -0.15) is 9.41 Å². The molecule has 0 spiro atoms. The molecule has 0 radical (unpaired) electrons. The van der Waals surface area contributed by atoms with Gasteiger partial charge in [-0.25, -0.2) is 13.8 Å². The first-order chi connectivity index (χ1) is 15.9. The number of ether oxygens (including phenoxy) is 2. The van der Waals surface area contributed by atoms with Crippen LogP contribution in [0.2, 0.25) is 5.02 Å². The summed E-state index contributed by atoms with van der Waals surface area (Å²) in [6, 6.07) is 11.0. The lowest BCUT2D eigenvalue weighted by Gasteiger charge is -2.32.